The second kappa shape index (κ2) is 7.14. The Kier molecular flexibility index (Phi) is 5.82. The summed E-state index contributed by atoms with van der Waals surface area (Å²) in [6.45, 7) is 7.58. The molecule has 0 aliphatic carbocycles. The molecule has 0 aliphatic rings. The van der Waals surface area contributed by atoms with Crippen LogP contribution in [0.25, 0.3) is 0 Å². The molecule has 0 radical (unpaired) electrons. The first kappa shape index (κ1) is 16.3. The summed E-state index contributed by atoms with van der Waals surface area (Å²) in [5.41, 5.74) is -0.681. The molecular formula is C15H23NO4. The molecule has 20 heavy (non-hydrogen) atoms. The standard InChI is InChI=1S/C15H23NO4/c1-5-19-12-6-8-13(9-7-12)20-10-14(18)16-15(3,4)11(2)17/h6-9,11,17H,5,10H2,1-4H3,(H,16,18). The number of benzene rings is 1. The number of nitrogens with one attached hydrogen (secondary N) is 1. The molecular weight excluding hydrogens is 258 g/mol. The molecule has 5 nitrogen and oxygen atoms in total. The van der Waals surface area contributed by atoms with E-state index < -0.39 is 11.6 Å². The molecule has 1 aromatic rings. The molecule has 1 rings (SSSR count). The average molecular weight is 281 g/mol. The van der Waals surface area contributed by atoms with Gasteiger partial charge in [-0.2, -0.15) is 0 Å². The summed E-state index contributed by atoms with van der Waals surface area (Å²) >= 11 is 0. The van der Waals surface area contributed by atoms with E-state index in [1.807, 2.05) is 6.92 Å². The molecule has 0 saturated heterocycles. The van der Waals surface area contributed by atoms with Crippen LogP contribution in [0.15, 0.2) is 24.3 Å². The number of aliphatic hydroxyl groups is 1. The number of aliphatic hydroxyl groups excluding tert-OH is 1. The maximum atomic E-state index is 11.7. The molecule has 1 aromatic carbocycles. The summed E-state index contributed by atoms with van der Waals surface area (Å²) in [5, 5.41) is 12.2. The second-order valence-electron chi connectivity index (χ2n) is 5.14. The quantitative estimate of drug-likeness (QED) is 0.799. The normalized spacial score (nSPS) is 12.7. The Hall–Kier alpha value is -1.75. The summed E-state index contributed by atoms with van der Waals surface area (Å²) in [4.78, 5) is 11.7. The zero-order chi connectivity index (χ0) is 15.2. The van der Waals surface area contributed by atoms with E-state index in [0.29, 0.717) is 12.4 Å². The lowest BCUT2D eigenvalue weighted by Gasteiger charge is -2.29. The van der Waals surface area contributed by atoms with Crippen LogP contribution in [0.5, 0.6) is 11.5 Å². The number of rotatable bonds is 7. The predicted molar refractivity (Wildman–Crippen MR) is 77.0 cm³/mol. The van der Waals surface area contributed by atoms with Gasteiger partial charge in [0.15, 0.2) is 6.61 Å². The van der Waals surface area contributed by atoms with E-state index in [1.165, 1.54) is 0 Å². The van der Waals surface area contributed by atoms with Gasteiger partial charge >= 0.3 is 0 Å². The maximum absolute atomic E-state index is 11.7. The van der Waals surface area contributed by atoms with E-state index in [-0.39, 0.29) is 12.5 Å². The summed E-state index contributed by atoms with van der Waals surface area (Å²) in [7, 11) is 0. The summed E-state index contributed by atoms with van der Waals surface area (Å²) in [6.07, 6.45) is -0.642. The molecule has 0 aromatic heterocycles. The van der Waals surface area contributed by atoms with E-state index in [0.717, 1.165) is 5.75 Å². The van der Waals surface area contributed by atoms with E-state index in [9.17, 15) is 9.90 Å². The molecule has 0 heterocycles. The lowest BCUT2D eigenvalue weighted by molar-refractivity contribution is -0.126. The predicted octanol–water partition coefficient (Wildman–Crippen LogP) is 1.74. The smallest absolute Gasteiger partial charge is 0.258 e. The van der Waals surface area contributed by atoms with Crippen LogP contribution in [0, 0.1) is 0 Å². The summed E-state index contributed by atoms with van der Waals surface area (Å²) in [5.74, 6) is 1.09. The minimum Gasteiger partial charge on any atom is -0.494 e. The van der Waals surface area contributed by atoms with E-state index in [4.69, 9.17) is 9.47 Å². The van der Waals surface area contributed by atoms with Gasteiger partial charge in [0.05, 0.1) is 18.2 Å². The van der Waals surface area contributed by atoms with Gasteiger partial charge in [0.25, 0.3) is 5.91 Å². The van der Waals surface area contributed by atoms with Crippen molar-refractivity contribution >= 4 is 5.91 Å². The summed E-state index contributed by atoms with van der Waals surface area (Å²) < 4.78 is 10.7. The molecule has 1 atom stereocenters. The van der Waals surface area contributed by atoms with Gasteiger partial charge in [-0.1, -0.05) is 0 Å². The first-order valence-corrected chi connectivity index (χ1v) is 6.70. The highest BCUT2D eigenvalue weighted by molar-refractivity contribution is 5.78. The van der Waals surface area contributed by atoms with Gasteiger partial charge in [-0.15, -0.1) is 0 Å². The first-order chi connectivity index (χ1) is 9.35. The van der Waals surface area contributed by atoms with Crippen LogP contribution < -0.4 is 14.8 Å². The summed E-state index contributed by atoms with van der Waals surface area (Å²) in [6, 6.07) is 7.07. The lowest BCUT2D eigenvalue weighted by Crippen LogP contribution is -2.52. The van der Waals surface area contributed by atoms with Gasteiger partial charge in [0, 0.05) is 0 Å². The fourth-order valence-corrected chi connectivity index (χ4v) is 1.45. The Labute approximate surface area is 119 Å². The zero-order valence-corrected chi connectivity index (χ0v) is 12.5. The third-order valence-corrected chi connectivity index (χ3v) is 3.01. The second-order valence-corrected chi connectivity index (χ2v) is 5.14. The SMILES string of the molecule is CCOc1ccc(OCC(=O)NC(C)(C)C(C)O)cc1. The molecule has 1 amide bonds. The molecule has 0 bridgehead atoms. The first-order valence-electron chi connectivity index (χ1n) is 6.70. The van der Waals surface area contributed by atoms with Crippen LogP contribution in [0.3, 0.4) is 0 Å². The Morgan fingerprint density at radius 3 is 2.20 bits per heavy atom. The molecule has 112 valence electrons. The average Bonchev–Trinajstić information content (AvgIpc) is 2.37. The van der Waals surface area contributed by atoms with E-state index in [1.54, 1.807) is 45.0 Å². The minimum atomic E-state index is -0.681. The fourth-order valence-electron chi connectivity index (χ4n) is 1.45. The van der Waals surface area contributed by atoms with Gasteiger partial charge in [0.1, 0.15) is 11.5 Å². The number of hydrogen-bond acceptors (Lipinski definition) is 4. The fraction of sp³-hybridized carbons (Fsp3) is 0.533. The Morgan fingerprint density at radius 1 is 1.25 bits per heavy atom. The van der Waals surface area contributed by atoms with E-state index in [2.05, 4.69) is 5.32 Å². The van der Waals surface area contributed by atoms with Crippen LogP contribution in [-0.4, -0.2) is 35.9 Å². The zero-order valence-electron chi connectivity index (χ0n) is 12.5. The van der Waals surface area contributed by atoms with Crippen molar-refractivity contribution in [3.05, 3.63) is 24.3 Å². The highest BCUT2D eigenvalue weighted by Crippen LogP contribution is 2.17. The lowest BCUT2D eigenvalue weighted by atomic mass is 9.99. The van der Waals surface area contributed by atoms with Gasteiger partial charge in [0.2, 0.25) is 0 Å². The third-order valence-electron chi connectivity index (χ3n) is 3.01. The highest BCUT2D eigenvalue weighted by Gasteiger charge is 2.25. The molecule has 5 heteroatoms. The van der Waals surface area contributed by atoms with Crippen LogP contribution >= 0.6 is 0 Å². The van der Waals surface area contributed by atoms with E-state index >= 15 is 0 Å². The van der Waals surface area contributed by atoms with Gasteiger partial charge < -0.3 is 19.9 Å². The number of hydrogen-bond donors (Lipinski definition) is 2. The van der Waals surface area contributed by atoms with Crippen molar-refractivity contribution < 1.29 is 19.4 Å². The highest BCUT2D eigenvalue weighted by atomic mass is 16.5. The Bertz CT molecular complexity index is 426. The van der Waals surface area contributed by atoms with Crippen LogP contribution in [-0.2, 0) is 4.79 Å². The van der Waals surface area contributed by atoms with Gasteiger partial charge in [-0.25, -0.2) is 0 Å². The van der Waals surface area contributed by atoms with Crippen molar-refractivity contribution in [1.29, 1.82) is 0 Å². The molecule has 0 saturated carbocycles. The number of carbonyl (C=O) groups excluding carboxylic acids is 1. The van der Waals surface area contributed by atoms with Crippen molar-refractivity contribution in [2.45, 2.75) is 39.3 Å². The number of ether oxygens (including phenoxy) is 2. The topological polar surface area (TPSA) is 67.8 Å². The molecule has 0 fully saturated rings. The largest absolute Gasteiger partial charge is 0.494 e. The van der Waals surface area contributed by atoms with Gasteiger partial charge in [-0.3, -0.25) is 4.79 Å². The van der Waals surface area contributed by atoms with Crippen LogP contribution in [0.4, 0.5) is 0 Å². The third kappa shape index (κ3) is 5.09. The maximum Gasteiger partial charge on any atom is 0.258 e. The Balaban J connectivity index is 2.45. The monoisotopic (exact) mass is 281 g/mol. The van der Waals surface area contributed by atoms with Crippen LogP contribution in [0.1, 0.15) is 27.7 Å². The minimum absolute atomic E-state index is 0.0931. The molecule has 0 spiro atoms. The molecule has 0 aliphatic heterocycles. The van der Waals surface area contributed by atoms with Crippen molar-refractivity contribution in [3.8, 4) is 11.5 Å². The van der Waals surface area contributed by atoms with Crippen molar-refractivity contribution in [1.82, 2.24) is 5.32 Å². The molecule has 1 unspecified atom stereocenters. The van der Waals surface area contributed by atoms with Crippen molar-refractivity contribution in [3.63, 3.8) is 0 Å². The van der Waals surface area contributed by atoms with Crippen molar-refractivity contribution in [2.75, 3.05) is 13.2 Å². The Morgan fingerprint density at radius 2 is 1.75 bits per heavy atom. The van der Waals surface area contributed by atoms with Crippen LogP contribution in [0.2, 0.25) is 0 Å². The number of amides is 1. The van der Waals surface area contributed by atoms with Gasteiger partial charge in [-0.05, 0) is 52.0 Å². The van der Waals surface area contributed by atoms with Crippen molar-refractivity contribution in [2.24, 2.45) is 0 Å². The number of carbonyl (C=O) groups is 1. The molecule has 2 N–H and O–H groups in total.